The quantitative estimate of drug-likeness (QED) is 0.909. The van der Waals surface area contributed by atoms with E-state index in [9.17, 15) is 8.42 Å². The fraction of sp³-hybridized carbons (Fsp3) is 0.385. The van der Waals surface area contributed by atoms with E-state index in [0.717, 1.165) is 5.56 Å². The summed E-state index contributed by atoms with van der Waals surface area (Å²) in [5.74, 6) is 0.658. The highest BCUT2D eigenvalue weighted by atomic mass is 35.5. The summed E-state index contributed by atoms with van der Waals surface area (Å²) in [6.07, 6.45) is 1.66. The third-order valence-electron chi connectivity index (χ3n) is 2.66. The van der Waals surface area contributed by atoms with Crippen LogP contribution in [-0.4, -0.2) is 15.0 Å². The maximum absolute atomic E-state index is 11.6. The number of primary sulfonamides is 1. The summed E-state index contributed by atoms with van der Waals surface area (Å²) in [7, 11) is -3.73. The molecule has 4 nitrogen and oxygen atoms in total. The molecule has 0 aliphatic rings. The van der Waals surface area contributed by atoms with Gasteiger partial charge < -0.3 is 4.74 Å². The lowest BCUT2D eigenvalue weighted by Gasteiger charge is -2.15. The van der Waals surface area contributed by atoms with Crippen LogP contribution in [0.1, 0.15) is 30.9 Å². The molecule has 0 bridgehead atoms. The van der Waals surface area contributed by atoms with E-state index in [4.69, 9.17) is 21.5 Å². The normalized spacial score (nSPS) is 12.3. The summed E-state index contributed by atoms with van der Waals surface area (Å²) >= 11 is 5.42. The zero-order valence-electron chi connectivity index (χ0n) is 11.2. The van der Waals surface area contributed by atoms with E-state index < -0.39 is 10.0 Å². The summed E-state index contributed by atoms with van der Waals surface area (Å²) in [5.41, 5.74) is 2.74. The van der Waals surface area contributed by atoms with E-state index in [1.54, 1.807) is 25.1 Å². The molecule has 6 heteroatoms. The lowest BCUT2D eigenvalue weighted by molar-refractivity contribution is 0.359. The van der Waals surface area contributed by atoms with Gasteiger partial charge in [-0.05, 0) is 42.2 Å². The van der Waals surface area contributed by atoms with Crippen molar-refractivity contribution in [2.45, 2.75) is 31.6 Å². The van der Waals surface area contributed by atoms with Crippen LogP contribution in [0.2, 0.25) is 0 Å². The minimum atomic E-state index is -3.73. The number of hydrogen-bond acceptors (Lipinski definition) is 3. The molecule has 0 unspecified atom stereocenters. The minimum Gasteiger partial charge on any atom is -0.489 e. The second kappa shape index (κ2) is 6.41. The summed E-state index contributed by atoms with van der Waals surface area (Å²) in [6, 6.07) is 3.27. The van der Waals surface area contributed by atoms with E-state index >= 15 is 0 Å². The van der Waals surface area contributed by atoms with E-state index in [1.165, 1.54) is 5.54 Å². The van der Waals surface area contributed by atoms with Crippen molar-refractivity contribution >= 4 is 21.6 Å². The highest BCUT2D eigenvalue weighted by Crippen LogP contribution is 2.30. The maximum atomic E-state index is 11.6. The van der Waals surface area contributed by atoms with Gasteiger partial charge in [-0.2, -0.15) is 0 Å². The van der Waals surface area contributed by atoms with E-state index in [1.807, 2.05) is 13.8 Å². The average molecular weight is 304 g/mol. The lowest BCUT2D eigenvalue weighted by atomic mass is 10.0. The second-order valence-electron chi connectivity index (χ2n) is 4.53. The van der Waals surface area contributed by atoms with Crippen molar-refractivity contribution < 1.29 is 13.2 Å². The van der Waals surface area contributed by atoms with Gasteiger partial charge in [-0.15, -0.1) is 0 Å². The lowest BCUT2D eigenvalue weighted by Crippen LogP contribution is -2.16. The molecule has 0 fully saturated rings. The number of halogens is 1. The number of aryl methyl sites for hydroxylation is 1. The van der Waals surface area contributed by atoms with Crippen LogP contribution in [0.25, 0.3) is 0 Å². The Morgan fingerprint density at radius 3 is 2.53 bits per heavy atom. The van der Waals surface area contributed by atoms with Gasteiger partial charge in [0.1, 0.15) is 12.4 Å². The summed E-state index contributed by atoms with van der Waals surface area (Å²) < 4.78 is 28.7. The predicted molar refractivity (Wildman–Crippen MR) is 77.1 cm³/mol. The van der Waals surface area contributed by atoms with Gasteiger partial charge in [-0.25, -0.2) is 13.6 Å². The Labute approximate surface area is 119 Å². The van der Waals surface area contributed by atoms with Crippen molar-refractivity contribution in [3.8, 4) is 5.75 Å². The van der Waals surface area contributed by atoms with Gasteiger partial charge in [0.2, 0.25) is 10.0 Å². The fourth-order valence-corrected chi connectivity index (χ4v) is 2.74. The first-order valence-corrected chi connectivity index (χ1v) is 7.81. The van der Waals surface area contributed by atoms with Gasteiger partial charge in [0.05, 0.1) is 4.90 Å². The van der Waals surface area contributed by atoms with Gasteiger partial charge in [0.25, 0.3) is 0 Å². The van der Waals surface area contributed by atoms with Crippen LogP contribution in [0, 0.1) is 6.92 Å². The van der Waals surface area contributed by atoms with Gasteiger partial charge in [0, 0.05) is 5.54 Å². The first kappa shape index (κ1) is 16.0. The highest BCUT2D eigenvalue weighted by Gasteiger charge is 2.18. The monoisotopic (exact) mass is 303 g/mol. The largest absolute Gasteiger partial charge is 0.489 e. The summed E-state index contributed by atoms with van der Waals surface area (Å²) in [5, 5.41) is 5.24. The molecule has 0 aromatic heterocycles. The molecule has 0 saturated carbocycles. The van der Waals surface area contributed by atoms with E-state index in [-0.39, 0.29) is 10.8 Å². The minimum absolute atomic E-state index is 0.0276. The van der Waals surface area contributed by atoms with Crippen LogP contribution in [0.15, 0.2) is 28.6 Å². The van der Waals surface area contributed by atoms with E-state index in [0.29, 0.717) is 17.9 Å². The molecular weight excluding hydrogens is 286 g/mol. The number of benzene rings is 1. The van der Waals surface area contributed by atoms with Gasteiger partial charge in [0.15, 0.2) is 0 Å². The molecule has 0 amide bonds. The number of ether oxygens (including phenoxy) is 1. The van der Waals surface area contributed by atoms with E-state index in [2.05, 4.69) is 0 Å². The van der Waals surface area contributed by atoms with Crippen LogP contribution in [-0.2, 0) is 10.0 Å². The Morgan fingerprint density at radius 2 is 2.05 bits per heavy atom. The molecule has 0 aliphatic heterocycles. The topological polar surface area (TPSA) is 69.4 Å². The van der Waals surface area contributed by atoms with Gasteiger partial charge >= 0.3 is 0 Å². The Hall–Kier alpha value is -1.04. The number of hydrogen-bond donors (Lipinski definition) is 1. The molecule has 106 valence electrons. The van der Waals surface area contributed by atoms with Crippen molar-refractivity contribution in [1.29, 1.82) is 0 Å². The molecular formula is C13H18ClNO3S. The fourth-order valence-electron chi connectivity index (χ4n) is 1.70. The first-order valence-electron chi connectivity index (χ1n) is 5.82. The van der Waals surface area contributed by atoms with Crippen LogP contribution >= 0.6 is 11.6 Å². The van der Waals surface area contributed by atoms with Crippen LogP contribution in [0.3, 0.4) is 0 Å². The Kier molecular flexibility index (Phi) is 5.40. The Bertz CT molecular complexity index is 580. The van der Waals surface area contributed by atoms with Crippen molar-refractivity contribution in [3.05, 3.63) is 34.9 Å². The summed E-state index contributed by atoms with van der Waals surface area (Å²) in [6.45, 7) is 5.92. The number of sulfonamides is 1. The molecule has 0 radical (unpaired) electrons. The molecule has 1 rings (SSSR count). The second-order valence-corrected chi connectivity index (χ2v) is 6.31. The third kappa shape index (κ3) is 4.23. The molecule has 0 atom stereocenters. The Balaban J connectivity index is 3.29. The molecule has 0 saturated heterocycles. The van der Waals surface area contributed by atoms with Crippen molar-refractivity contribution in [2.75, 3.05) is 6.61 Å². The number of nitrogens with two attached hydrogens (primary N) is 1. The van der Waals surface area contributed by atoms with Gasteiger partial charge in [-0.3, -0.25) is 0 Å². The number of rotatable bonds is 5. The van der Waals surface area contributed by atoms with Crippen LogP contribution < -0.4 is 9.88 Å². The molecule has 1 aromatic rings. The SMILES string of the molecule is Cc1cc(S(N)(=O)=O)c(C(C)C)cc1OC/C=C/Cl. The molecule has 2 N–H and O–H groups in total. The van der Waals surface area contributed by atoms with Crippen LogP contribution in [0.5, 0.6) is 5.75 Å². The van der Waals surface area contributed by atoms with Crippen molar-refractivity contribution in [3.63, 3.8) is 0 Å². The Morgan fingerprint density at radius 1 is 1.42 bits per heavy atom. The van der Waals surface area contributed by atoms with Crippen molar-refractivity contribution in [1.82, 2.24) is 0 Å². The molecule has 0 spiro atoms. The predicted octanol–water partition coefficient (Wildman–Crippen LogP) is 2.90. The zero-order valence-corrected chi connectivity index (χ0v) is 12.8. The average Bonchev–Trinajstić information content (AvgIpc) is 2.29. The smallest absolute Gasteiger partial charge is 0.238 e. The standard InChI is InChI=1S/C13H18ClNO3S/c1-9(2)11-8-12(18-6-4-5-14)10(3)7-13(11)19(15,16)17/h4-5,7-9H,6H2,1-3H3,(H2,15,16,17)/b5-4+. The molecule has 19 heavy (non-hydrogen) atoms. The van der Waals surface area contributed by atoms with Crippen molar-refractivity contribution in [2.24, 2.45) is 5.14 Å². The molecule has 0 heterocycles. The highest BCUT2D eigenvalue weighted by molar-refractivity contribution is 7.89. The maximum Gasteiger partial charge on any atom is 0.238 e. The molecule has 1 aromatic carbocycles. The third-order valence-corrected chi connectivity index (χ3v) is 3.80. The van der Waals surface area contributed by atoms with Crippen LogP contribution in [0.4, 0.5) is 0 Å². The summed E-state index contributed by atoms with van der Waals surface area (Å²) in [4.78, 5) is 0.153. The zero-order chi connectivity index (χ0) is 14.6. The first-order chi connectivity index (χ1) is 8.77. The van der Waals surface area contributed by atoms with Gasteiger partial charge in [-0.1, -0.05) is 25.4 Å². The molecule has 0 aliphatic carbocycles.